The summed E-state index contributed by atoms with van der Waals surface area (Å²) in [6, 6.07) is 15.8. The Kier molecular flexibility index (Phi) is 7.55. The lowest BCUT2D eigenvalue weighted by Gasteiger charge is -2.20. The lowest BCUT2D eigenvalue weighted by Crippen LogP contribution is -2.32. The minimum atomic E-state index is -0.733. The second kappa shape index (κ2) is 10.7. The molecule has 4 aromatic rings. The third kappa shape index (κ3) is 6.77. The van der Waals surface area contributed by atoms with Crippen LogP contribution in [0.4, 0.5) is 4.79 Å². The van der Waals surface area contributed by atoms with Gasteiger partial charge in [-0.05, 0) is 64.6 Å². The van der Waals surface area contributed by atoms with Gasteiger partial charge in [0.1, 0.15) is 17.8 Å². The number of aromatic nitrogens is 2. The average Bonchev–Trinajstić information content (AvgIpc) is 3.20. The molecule has 2 heterocycles. The van der Waals surface area contributed by atoms with Crippen molar-refractivity contribution in [2.75, 3.05) is 0 Å². The van der Waals surface area contributed by atoms with Gasteiger partial charge in [-0.15, -0.1) is 0 Å². The second-order valence-corrected chi connectivity index (χ2v) is 10.9. The first-order valence-electron chi connectivity index (χ1n) is 12.4. The van der Waals surface area contributed by atoms with Gasteiger partial charge >= 0.3 is 12.1 Å². The number of hydrogen-bond donors (Lipinski definition) is 2. The smallest absolute Gasteiger partial charge is 0.431 e. The van der Waals surface area contributed by atoms with Crippen LogP contribution in [0.3, 0.4) is 0 Å². The largest absolute Gasteiger partial charge is 0.456 e. The Morgan fingerprint density at radius 3 is 2.32 bits per heavy atom. The van der Waals surface area contributed by atoms with Crippen LogP contribution in [-0.4, -0.2) is 33.2 Å². The molecule has 2 aromatic heterocycles. The monoisotopic (exact) mass is 515 g/mol. The van der Waals surface area contributed by atoms with E-state index >= 15 is 0 Å². The molecule has 0 saturated heterocycles. The van der Waals surface area contributed by atoms with Gasteiger partial charge in [-0.3, -0.25) is 4.84 Å². The lowest BCUT2D eigenvalue weighted by atomic mass is 10.0. The van der Waals surface area contributed by atoms with Crippen molar-refractivity contribution in [2.45, 2.75) is 59.4 Å². The van der Waals surface area contributed by atoms with Crippen molar-refractivity contribution in [3.05, 3.63) is 77.2 Å². The fraction of sp³-hybridized carbons (Fsp3) is 0.300. The van der Waals surface area contributed by atoms with Crippen LogP contribution >= 0.6 is 0 Å². The number of fused-ring (bicyclic) bond motifs is 3. The number of amides is 1. The Labute approximate surface area is 222 Å². The van der Waals surface area contributed by atoms with Crippen LogP contribution in [0.25, 0.3) is 33.8 Å². The standard InChI is InChI=1S/C30H33N3O5/c1-29(2,3)37-27(34)25-22-15-13-20-17-31-21(14-12-19-10-8-7-9-11-19)16-23(20)26(22)32-24(25)18-36-33-28(35)38-30(4,5)6/h7-17,31H,18H2,1-6H3,(H,33,35)/b14-12+. The summed E-state index contributed by atoms with van der Waals surface area (Å²) in [5.41, 5.74) is 4.13. The highest BCUT2D eigenvalue weighted by atomic mass is 16.7. The molecule has 0 fully saturated rings. The number of hydroxylamine groups is 1. The van der Waals surface area contributed by atoms with Gasteiger partial charge in [-0.1, -0.05) is 48.5 Å². The van der Waals surface area contributed by atoms with E-state index in [1.165, 1.54) is 0 Å². The quantitative estimate of drug-likeness (QED) is 0.216. The highest BCUT2D eigenvalue weighted by Gasteiger charge is 2.26. The fourth-order valence-corrected chi connectivity index (χ4v) is 3.90. The number of ether oxygens (including phenoxy) is 2. The first kappa shape index (κ1) is 26.9. The van der Waals surface area contributed by atoms with Crippen molar-refractivity contribution in [1.29, 1.82) is 0 Å². The number of H-pyrrole nitrogens is 1. The second-order valence-electron chi connectivity index (χ2n) is 10.9. The van der Waals surface area contributed by atoms with Crippen molar-refractivity contribution >= 4 is 45.9 Å². The summed E-state index contributed by atoms with van der Waals surface area (Å²) >= 11 is 0. The SMILES string of the molecule is CC(C)(C)OC(=O)NOCc1nc2c(ccc3c[nH]c(/C=C/c4ccccc4)cc32)c1C(=O)OC(C)(C)C. The van der Waals surface area contributed by atoms with Crippen LogP contribution in [0.2, 0.25) is 0 Å². The minimum absolute atomic E-state index is 0.149. The molecule has 4 rings (SSSR count). The van der Waals surface area contributed by atoms with E-state index < -0.39 is 23.3 Å². The molecule has 0 atom stereocenters. The fourth-order valence-electron chi connectivity index (χ4n) is 3.90. The predicted molar refractivity (Wildman–Crippen MR) is 148 cm³/mol. The van der Waals surface area contributed by atoms with Crippen molar-refractivity contribution in [3.63, 3.8) is 0 Å². The highest BCUT2D eigenvalue weighted by Crippen LogP contribution is 2.31. The Bertz CT molecular complexity index is 1490. The molecular formula is C30H33N3O5. The number of nitrogens with zero attached hydrogens (tertiary/aromatic N) is 1. The van der Waals surface area contributed by atoms with Crippen molar-refractivity contribution < 1.29 is 23.9 Å². The zero-order valence-electron chi connectivity index (χ0n) is 22.5. The Morgan fingerprint density at radius 1 is 0.921 bits per heavy atom. The molecule has 0 unspecified atom stereocenters. The van der Waals surface area contributed by atoms with Gasteiger partial charge in [-0.25, -0.2) is 14.6 Å². The van der Waals surface area contributed by atoms with E-state index in [1.807, 2.05) is 66.9 Å². The van der Waals surface area contributed by atoms with E-state index in [9.17, 15) is 9.59 Å². The van der Waals surface area contributed by atoms with Crippen LogP contribution in [-0.2, 0) is 20.9 Å². The Balaban J connectivity index is 1.72. The summed E-state index contributed by atoms with van der Waals surface area (Å²) in [7, 11) is 0. The van der Waals surface area contributed by atoms with Crippen molar-refractivity contribution in [1.82, 2.24) is 15.4 Å². The van der Waals surface area contributed by atoms with Gasteiger partial charge in [0.2, 0.25) is 0 Å². The molecule has 0 bridgehead atoms. The molecule has 0 radical (unpaired) electrons. The Hall–Kier alpha value is -4.17. The van der Waals surface area contributed by atoms with E-state index in [-0.39, 0.29) is 6.61 Å². The van der Waals surface area contributed by atoms with E-state index in [1.54, 1.807) is 41.5 Å². The third-order valence-corrected chi connectivity index (χ3v) is 5.37. The van der Waals surface area contributed by atoms with Crippen LogP contribution in [0.5, 0.6) is 0 Å². The molecule has 2 N–H and O–H groups in total. The zero-order valence-corrected chi connectivity index (χ0v) is 22.5. The number of nitrogens with one attached hydrogen (secondary N) is 2. The zero-order chi connectivity index (χ0) is 27.5. The number of carbonyl (C=O) groups is 2. The normalized spacial score (nSPS) is 12.3. The number of benzene rings is 2. The molecule has 8 heteroatoms. The molecule has 8 nitrogen and oxygen atoms in total. The molecule has 38 heavy (non-hydrogen) atoms. The van der Waals surface area contributed by atoms with Gasteiger partial charge in [0, 0.05) is 22.7 Å². The molecule has 2 aromatic carbocycles. The maximum absolute atomic E-state index is 13.3. The number of rotatable bonds is 6. The number of hydrogen-bond acceptors (Lipinski definition) is 6. The molecule has 1 amide bonds. The lowest BCUT2D eigenvalue weighted by molar-refractivity contribution is -0.0149. The number of esters is 1. The van der Waals surface area contributed by atoms with Crippen LogP contribution in [0.15, 0.2) is 54.7 Å². The molecule has 0 aliphatic carbocycles. The first-order chi connectivity index (χ1) is 17.9. The summed E-state index contributed by atoms with van der Waals surface area (Å²) < 4.78 is 10.9. The number of pyridine rings is 1. The average molecular weight is 516 g/mol. The van der Waals surface area contributed by atoms with Gasteiger partial charge < -0.3 is 14.5 Å². The summed E-state index contributed by atoms with van der Waals surface area (Å²) in [4.78, 5) is 38.7. The molecule has 0 aliphatic rings. The summed E-state index contributed by atoms with van der Waals surface area (Å²) in [6.45, 7) is 10.5. The summed E-state index contributed by atoms with van der Waals surface area (Å²) in [6.07, 6.45) is 5.18. The van der Waals surface area contributed by atoms with Crippen LogP contribution in [0, 0.1) is 0 Å². The Morgan fingerprint density at radius 2 is 1.63 bits per heavy atom. The number of aromatic amines is 1. The van der Waals surface area contributed by atoms with Crippen LogP contribution in [0.1, 0.15) is 68.9 Å². The maximum Gasteiger partial charge on any atom is 0.431 e. The summed E-state index contributed by atoms with van der Waals surface area (Å²) in [5, 5.41) is 2.44. The van der Waals surface area contributed by atoms with Gasteiger partial charge in [0.05, 0.1) is 16.8 Å². The molecule has 198 valence electrons. The number of carbonyl (C=O) groups excluding carboxylic acids is 2. The van der Waals surface area contributed by atoms with Crippen molar-refractivity contribution in [3.8, 4) is 0 Å². The molecule has 0 aliphatic heterocycles. The van der Waals surface area contributed by atoms with E-state index in [2.05, 4.69) is 10.5 Å². The van der Waals surface area contributed by atoms with Crippen molar-refractivity contribution in [2.24, 2.45) is 0 Å². The molecular weight excluding hydrogens is 482 g/mol. The van der Waals surface area contributed by atoms with Gasteiger partial charge in [0.25, 0.3) is 0 Å². The third-order valence-electron chi connectivity index (χ3n) is 5.37. The van der Waals surface area contributed by atoms with E-state index in [0.29, 0.717) is 22.2 Å². The maximum atomic E-state index is 13.3. The van der Waals surface area contributed by atoms with Gasteiger partial charge in [0.15, 0.2) is 0 Å². The predicted octanol–water partition coefficient (Wildman–Crippen LogP) is 6.80. The highest BCUT2D eigenvalue weighted by molar-refractivity contribution is 6.14. The van der Waals surface area contributed by atoms with E-state index in [0.717, 1.165) is 22.0 Å². The topological polar surface area (TPSA) is 103 Å². The molecule has 0 saturated carbocycles. The first-order valence-corrected chi connectivity index (χ1v) is 12.4. The van der Waals surface area contributed by atoms with Crippen LogP contribution < -0.4 is 5.48 Å². The van der Waals surface area contributed by atoms with E-state index in [4.69, 9.17) is 19.3 Å². The molecule has 0 spiro atoms. The summed E-state index contributed by atoms with van der Waals surface area (Å²) in [5.74, 6) is -0.512. The minimum Gasteiger partial charge on any atom is -0.456 e. The van der Waals surface area contributed by atoms with Gasteiger partial charge in [-0.2, -0.15) is 5.48 Å².